The number of hydrogen-bond acceptors (Lipinski definition) is 3. The van der Waals surface area contributed by atoms with E-state index in [-0.39, 0.29) is 5.91 Å². The van der Waals surface area contributed by atoms with Gasteiger partial charge in [0.1, 0.15) is 5.92 Å². The minimum atomic E-state index is -0.600. The zero-order valence-corrected chi connectivity index (χ0v) is 8.19. The van der Waals surface area contributed by atoms with Gasteiger partial charge in [0.25, 0.3) is 0 Å². The Hall–Kier alpha value is -1.83. The Morgan fingerprint density at radius 3 is 3.00 bits per heavy atom. The topological polar surface area (TPSA) is 70.7 Å². The number of nitrogens with one attached hydrogen (secondary N) is 1. The molecule has 74 valence electrons. The van der Waals surface area contributed by atoms with Crippen molar-refractivity contribution in [1.82, 2.24) is 9.78 Å². The number of aryl methyl sites for hydroxylation is 1. The van der Waals surface area contributed by atoms with Gasteiger partial charge in [0, 0.05) is 19.3 Å². The number of amides is 1. The predicted molar refractivity (Wildman–Crippen MR) is 51.2 cm³/mol. The summed E-state index contributed by atoms with van der Waals surface area (Å²) in [7, 11) is 1.76. The summed E-state index contributed by atoms with van der Waals surface area (Å²) in [5, 5.41) is 15.2. The molecule has 1 rings (SSSR count). The third-order valence-electron chi connectivity index (χ3n) is 1.85. The Labute approximate surface area is 82.3 Å². The minimum Gasteiger partial charge on any atom is -0.308 e. The van der Waals surface area contributed by atoms with E-state index >= 15 is 0 Å². The second-order valence-electron chi connectivity index (χ2n) is 2.95. The highest BCUT2D eigenvalue weighted by Crippen LogP contribution is 2.06. The molecule has 0 fully saturated rings. The molecule has 0 bridgehead atoms. The number of nitriles is 1. The van der Waals surface area contributed by atoms with Crippen molar-refractivity contribution in [3.8, 4) is 6.07 Å². The van der Waals surface area contributed by atoms with Gasteiger partial charge in [-0.25, -0.2) is 0 Å². The molecule has 1 heterocycles. The Morgan fingerprint density at radius 2 is 2.57 bits per heavy atom. The average Bonchev–Trinajstić information content (AvgIpc) is 2.53. The summed E-state index contributed by atoms with van der Waals surface area (Å²) in [6.07, 6.45) is 2.23. The molecule has 1 aromatic heterocycles. The Bertz CT molecular complexity index is 363. The van der Waals surface area contributed by atoms with E-state index in [0.29, 0.717) is 12.2 Å². The number of anilines is 1. The number of aromatic nitrogens is 2. The Kier molecular flexibility index (Phi) is 3.24. The Morgan fingerprint density at radius 1 is 1.86 bits per heavy atom. The summed E-state index contributed by atoms with van der Waals surface area (Å²) >= 11 is 0. The van der Waals surface area contributed by atoms with Crippen LogP contribution in [0.15, 0.2) is 12.3 Å². The molecule has 0 aliphatic carbocycles. The average molecular weight is 192 g/mol. The van der Waals surface area contributed by atoms with Crippen molar-refractivity contribution in [2.45, 2.75) is 13.3 Å². The van der Waals surface area contributed by atoms with Gasteiger partial charge in [0.15, 0.2) is 5.82 Å². The monoisotopic (exact) mass is 192 g/mol. The molecule has 1 amide bonds. The van der Waals surface area contributed by atoms with E-state index in [1.54, 1.807) is 30.9 Å². The summed E-state index contributed by atoms with van der Waals surface area (Å²) in [6.45, 7) is 1.80. The van der Waals surface area contributed by atoms with Crippen LogP contribution in [0.3, 0.4) is 0 Å². The molecule has 5 heteroatoms. The van der Waals surface area contributed by atoms with E-state index in [4.69, 9.17) is 5.26 Å². The third-order valence-corrected chi connectivity index (χ3v) is 1.85. The minimum absolute atomic E-state index is 0.297. The first-order valence-corrected chi connectivity index (χ1v) is 4.37. The molecule has 0 radical (unpaired) electrons. The molecule has 0 aromatic carbocycles. The van der Waals surface area contributed by atoms with Gasteiger partial charge in [0.2, 0.25) is 5.91 Å². The molecule has 0 saturated carbocycles. The lowest BCUT2D eigenvalue weighted by Gasteiger charge is -2.04. The Balaban J connectivity index is 2.62. The lowest BCUT2D eigenvalue weighted by Crippen LogP contribution is -2.21. The highest BCUT2D eigenvalue weighted by Gasteiger charge is 2.15. The molecule has 1 atom stereocenters. The normalized spacial score (nSPS) is 11.8. The van der Waals surface area contributed by atoms with Crippen LogP contribution >= 0.6 is 0 Å². The maximum Gasteiger partial charge on any atom is 0.242 e. The van der Waals surface area contributed by atoms with Crippen molar-refractivity contribution in [1.29, 1.82) is 5.26 Å². The van der Waals surface area contributed by atoms with Crippen LogP contribution in [0.5, 0.6) is 0 Å². The largest absolute Gasteiger partial charge is 0.308 e. The molecule has 0 aliphatic rings. The summed E-state index contributed by atoms with van der Waals surface area (Å²) in [4.78, 5) is 11.4. The molecule has 0 saturated heterocycles. The van der Waals surface area contributed by atoms with Gasteiger partial charge >= 0.3 is 0 Å². The van der Waals surface area contributed by atoms with Gasteiger partial charge < -0.3 is 5.32 Å². The van der Waals surface area contributed by atoms with Gasteiger partial charge in [-0.2, -0.15) is 10.4 Å². The molecule has 0 spiro atoms. The smallest absolute Gasteiger partial charge is 0.242 e. The van der Waals surface area contributed by atoms with Crippen LogP contribution in [0, 0.1) is 17.2 Å². The molecule has 14 heavy (non-hydrogen) atoms. The summed E-state index contributed by atoms with van der Waals surface area (Å²) in [5.41, 5.74) is 0. The first-order chi connectivity index (χ1) is 6.67. The maximum absolute atomic E-state index is 11.4. The fourth-order valence-corrected chi connectivity index (χ4v) is 1.03. The zero-order valence-electron chi connectivity index (χ0n) is 8.19. The van der Waals surface area contributed by atoms with Gasteiger partial charge in [-0.1, -0.05) is 6.92 Å². The number of carbonyl (C=O) groups is 1. The molecule has 1 N–H and O–H groups in total. The highest BCUT2D eigenvalue weighted by atomic mass is 16.1. The van der Waals surface area contributed by atoms with E-state index < -0.39 is 5.92 Å². The first kappa shape index (κ1) is 10.3. The zero-order chi connectivity index (χ0) is 10.6. The standard InChI is InChI=1S/C9H12N4O/c1-3-7(6-10)9(14)11-8-4-5-13(2)12-8/h4-5,7H,3H2,1-2H3,(H,11,12,14). The quantitative estimate of drug-likeness (QED) is 0.773. The molecular formula is C9H12N4O. The highest BCUT2D eigenvalue weighted by molar-refractivity contribution is 5.93. The van der Waals surface area contributed by atoms with Gasteiger partial charge in [-0.15, -0.1) is 0 Å². The van der Waals surface area contributed by atoms with E-state index in [1.807, 2.05) is 6.07 Å². The summed E-state index contributed by atoms with van der Waals surface area (Å²) in [5.74, 6) is -0.420. The van der Waals surface area contributed by atoms with Crippen LogP contribution in [0.25, 0.3) is 0 Å². The van der Waals surface area contributed by atoms with Crippen LogP contribution in [-0.2, 0) is 11.8 Å². The lowest BCUT2D eigenvalue weighted by molar-refractivity contribution is -0.118. The van der Waals surface area contributed by atoms with Gasteiger partial charge in [-0.3, -0.25) is 9.48 Å². The van der Waals surface area contributed by atoms with E-state index in [0.717, 1.165) is 0 Å². The van der Waals surface area contributed by atoms with Gasteiger partial charge in [-0.05, 0) is 6.42 Å². The van der Waals surface area contributed by atoms with E-state index in [2.05, 4.69) is 10.4 Å². The molecule has 0 aliphatic heterocycles. The molecular weight excluding hydrogens is 180 g/mol. The predicted octanol–water partition coefficient (Wildman–Crippen LogP) is 0.908. The second kappa shape index (κ2) is 4.42. The molecule has 1 aromatic rings. The van der Waals surface area contributed by atoms with Crippen molar-refractivity contribution in [3.05, 3.63) is 12.3 Å². The van der Waals surface area contributed by atoms with Crippen LogP contribution in [0.4, 0.5) is 5.82 Å². The fourth-order valence-electron chi connectivity index (χ4n) is 1.03. The van der Waals surface area contributed by atoms with E-state index in [1.165, 1.54) is 0 Å². The van der Waals surface area contributed by atoms with Crippen LogP contribution in [-0.4, -0.2) is 15.7 Å². The number of rotatable bonds is 3. The second-order valence-corrected chi connectivity index (χ2v) is 2.95. The molecule has 5 nitrogen and oxygen atoms in total. The van der Waals surface area contributed by atoms with Crippen LogP contribution in [0.2, 0.25) is 0 Å². The van der Waals surface area contributed by atoms with Crippen molar-refractivity contribution >= 4 is 11.7 Å². The van der Waals surface area contributed by atoms with Crippen molar-refractivity contribution < 1.29 is 4.79 Å². The van der Waals surface area contributed by atoms with Crippen LogP contribution < -0.4 is 5.32 Å². The number of hydrogen-bond donors (Lipinski definition) is 1. The summed E-state index contributed by atoms with van der Waals surface area (Å²) in [6, 6.07) is 3.61. The molecule has 1 unspecified atom stereocenters. The van der Waals surface area contributed by atoms with Crippen LogP contribution in [0.1, 0.15) is 13.3 Å². The SMILES string of the molecule is CCC(C#N)C(=O)Nc1ccn(C)n1. The number of carbonyl (C=O) groups excluding carboxylic acids is 1. The lowest BCUT2D eigenvalue weighted by atomic mass is 10.1. The van der Waals surface area contributed by atoms with Crippen molar-refractivity contribution in [2.24, 2.45) is 13.0 Å². The van der Waals surface area contributed by atoms with E-state index in [9.17, 15) is 4.79 Å². The first-order valence-electron chi connectivity index (χ1n) is 4.37. The van der Waals surface area contributed by atoms with Crippen molar-refractivity contribution in [2.75, 3.05) is 5.32 Å². The van der Waals surface area contributed by atoms with Crippen molar-refractivity contribution in [3.63, 3.8) is 0 Å². The fraction of sp³-hybridized carbons (Fsp3) is 0.444. The number of nitrogens with zero attached hydrogens (tertiary/aromatic N) is 3. The van der Waals surface area contributed by atoms with Gasteiger partial charge in [0.05, 0.1) is 6.07 Å². The third kappa shape index (κ3) is 2.33. The maximum atomic E-state index is 11.4. The summed E-state index contributed by atoms with van der Waals surface area (Å²) < 4.78 is 1.59.